The van der Waals surface area contributed by atoms with Crippen LogP contribution in [-0.4, -0.2) is 47.2 Å². The van der Waals surface area contributed by atoms with Gasteiger partial charge in [-0.2, -0.15) is 0 Å². The molecule has 112 valence electrons. The molecule has 1 aliphatic rings. The Hall–Kier alpha value is -1.85. The van der Waals surface area contributed by atoms with E-state index >= 15 is 0 Å². The molecular formula is C15H16ClNO4. The van der Waals surface area contributed by atoms with E-state index in [1.54, 1.807) is 24.0 Å². The Bertz CT molecular complexity index is 579. The third-order valence-corrected chi connectivity index (χ3v) is 3.56. The molecular weight excluding hydrogens is 294 g/mol. The monoisotopic (exact) mass is 309 g/mol. The number of likely N-dealkylation sites (tertiary alicyclic amines) is 1. The van der Waals surface area contributed by atoms with Gasteiger partial charge in [-0.1, -0.05) is 29.8 Å². The van der Waals surface area contributed by atoms with Gasteiger partial charge in [0, 0.05) is 11.1 Å². The predicted molar refractivity (Wildman–Crippen MR) is 79.1 cm³/mol. The summed E-state index contributed by atoms with van der Waals surface area (Å²) in [6.45, 7) is 2.20. The first kappa shape index (κ1) is 15.5. The molecule has 1 aliphatic heterocycles. The molecule has 0 aromatic heterocycles. The number of ether oxygens (including phenoxy) is 1. The van der Waals surface area contributed by atoms with Crippen LogP contribution >= 0.6 is 11.6 Å². The van der Waals surface area contributed by atoms with Gasteiger partial charge in [-0.15, -0.1) is 0 Å². The molecule has 0 saturated carbocycles. The summed E-state index contributed by atoms with van der Waals surface area (Å²) in [5, 5.41) is 9.16. The molecule has 1 N–H and O–H groups in total. The van der Waals surface area contributed by atoms with Gasteiger partial charge in [0.05, 0.1) is 13.1 Å². The van der Waals surface area contributed by atoms with Crippen molar-refractivity contribution >= 4 is 29.6 Å². The molecule has 0 atom stereocenters. The first-order valence-corrected chi connectivity index (χ1v) is 6.85. The zero-order valence-corrected chi connectivity index (χ0v) is 12.3. The van der Waals surface area contributed by atoms with Crippen LogP contribution in [0, 0.1) is 0 Å². The minimum atomic E-state index is -1.01. The van der Waals surface area contributed by atoms with E-state index < -0.39 is 11.6 Å². The fraction of sp³-hybridized carbons (Fsp3) is 0.333. The molecule has 2 rings (SSSR count). The maximum atomic E-state index is 12.0. The highest BCUT2D eigenvalue weighted by atomic mass is 35.5. The number of rotatable bonds is 5. The Morgan fingerprint density at radius 2 is 2.10 bits per heavy atom. The Morgan fingerprint density at radius 1 is 1.43 bits per heavy atom. The summed E-state index contributed by atoms with van der Waals surface area (Å²) in [5.74, 6) is -1.16. The molecule has 0 aliphatic carbocycles. The normalized spacial score (nSPS) is 16.8. The quantitative estimate of drug-likeness (QED) is 0.845. The third kappa shape index (κ3) is 4.06. The lowest BCUT2D eigenvalue weighted by Gasteiger charge is -2.46. The summed E-state index contributed by atoms with van der Waals surface area (Å²) in [6.07, 6.45) is 3.12. The number of hydrogen-bond donors (Lipinski definition) is 1. The lowest BCUT2D eigenvalue weighted by atomic mass is 9.96. The summed E-state index contributed by atoms with van der Waals surface area (Å²) in [4.78, 5) is 24.0. The third-order valence-electron chi connectivity index (χ3n) is 3.22. The van der Waals surface area contributed by atoms with Crippen molar-refractivity contribution in [2.75, 3.05) is 19.7 Å². The predicted octanol–water partition coefficient (Wildman–Crippen LogP) is 2.06. The molecule has 6 heteroatoms. The van der Waals surface area contributed by atoms with Crippen molar-refractivity contribution in [3.8, 4) is 0 Å². The highest BCUT2D eigenvalue weighted by molar-refractivity contribution is 6.32. The Kier molecular flexibility index (Phi) is 4.65. The molecule has 21 heavy (non-hydrogen) atoms. The minimum Gasteiger partial charge on any atom is -0.480 e. The maximum absolute atomic E-state index is 12.0. The number of carbonyl (C=O) groups is 2. The second kappa shape index (κ2) is 6.28. The minimum absolute atomic E-state index is 0.147. The summed E-state index contributed by atoms with van der Waals surface area (Å²) in [6, 6.07) is 7.24. The van der Waals surface area contributed by atoms with Crippen LogP contribution in [0.15, 0.2) is 30.3 Å². The molecule has 0 spiro atoms. The number of carboxylic acid groups (broad SMARTS) is 1. The number of nitrogens with zero attached hydrogens (tertiary/aromatic N) is 1. The number of hydrogen-bond acceptors (Lipinski definition) is 3. The van der Waals surface area contributed by atoms with Crippen molar-refractivity contribution in [2.24, 2.45) is 0 Å². The van der Waals surface area contributed by atoms with Gasteiger partial charge < -0.3 is 14.7 Å². The maximum Gasteiger partial charge on any atom is 0.329 e. The van der Waals surface area contributed by atoms with E-state index in [9.17, 15) is 9.59 Å². The molecule has 0 radical (unpaired) electrons. The Balaban J connectivity index is 1.87. The second-order valence-corrected chi connectivity index (χ2v) is 5.59. The molecule has 1 fully saturated rings. The SMILES string of the molecule is CC1(OCC(=O)O)CN(C(=O)/C=C/c2ccccc2Cl)C1. The van der Waals surface area contributed by atoms with Crippen LogP contribution in [0.5, 0.6) is 0 Å². The van der Waals surface area contributed by atoms with E-state index in [-0.39, 0.29) is 12.5 Å². The van der Waals surface area contributed by atoms with E-state index in [4.69, 9.17) is 21.4 Å². The van der Waals surface area contributed by atoms with Gasteiger partial charge >= 0.3 is 5.97 Å². The first-order valence-electron chi connectivity index (χ1n) is 6.47. The van der Waals surface area contributed by atoms with Gasteiger partial charge in [-0.05, 0) is 24.6 Å². The van der Waals surface area contributed by atoms with Gasteiger partial charge in [-0.3, -0.25) is 4.79 Å². The zero-order valence-electron chi connectivity index (χ0n) is 11.6. The van der Waals surface area contributed by atoms with Gasteiger partial charge in [0.2, 0.25) is 5.91 Å². The lowest BCUT2D eigenvalue weighted by molar-refractivity contribution is -0.170. The highest BCUT2D eigenvalue weighted by Gasteiger charge is 2.42. The number of aliphatic carboxylic acids is 1. The number of halogens is 1. The molecule has 0 bridgehead atoms. The summed E-state index contributed by atoms with van der Waals surface area (Å²) >= 11 is 6.00. The smallest absolute Gasteiger partial charge is 0.329 e. The molecule has 1 aromatic rings. The lowest BCUT2D eigenvalue weighted by Crippen LogP contribution is -2.63. The van der Waals surface area contributed by atoms with Crippen LogP contribution in [0.2, 0.25) is 5.02 Å². The van der Waals surface area contributed by atoms with Crippen LogP contribution in [0.25, 0.3) is 6.08 Å². The number of benzene rings is 1. The van der Waals surface area contributed by atoms with E-state index in [1.807, 2.05) is 18.2 Å². The number of carbonyl (C=O) groups excluding carboxylic acids is 1. The van der Waals surface area contributed by atoms with Crippen LogP contribution in [-0.2, 0) is 14.3 Å². The average Bonchev–Trinajstić information content (AvgIpc) is 2.41. The van der Waals surface area contributed by atoms with Crippen LogP contribution in [0.1, 0.15) is 12.5 Å². The van der Waals surface area contributed by atoms with Gasteiger partial charge in [0.15, 0.2) is 0 Å². The number of amides is 1. The molecule has 5 nitrogen and oxygen atoms in total. The second-order valence-electron chi connectivity index (χ2n) is 5.18. The fourth-order valence-corrected chi connectivity index (χ4v) is 2.32. The molecule has 1 amide bonds. The van der Waals surface area contributed by atoms with Crippen molar-refractivity contribution in [1.29, 1.82) is 0 Å². The summed E-state index contributed by atoms with van der Waals surface area (Å²) in [5.41, 5.74) is 0.199. The summed E-state index contributed by atoms with van der Waals surface area (Å²) in [7, 11) is 0. The van der Waals surface area contributed by atoms with E-state index in [1.165, 1.54) is 6.08 Å². The first-order chi connectivity index (χ1) is 9.89. The largest absolute Gasteiger partial charge is 0.480 e. The van der Waals surface area contributed by atoms with Crippen molar-refractivity contribution in [3.05, 3.63) is 40.9 Å². The van der Waals surface area contributed by atoms with Crippen molar-refractivity contribution < 1.29 is 19.4 Å². The van der Waals surface area contributed by atoms with Gasteiger partial charge in [-0.25, -0.2) is 4.79 Å². The van der Waals surface area contributed by atoms with Crippen LogP contribution in [0.3, 0.4) is 0 Å². The van der Waals surface area contributed by atoms with Crippen molar-refractivity contribution in [1.82, 2.24) is 4.90 Å². The van der Waals surface area contributed by atoms with Crippen LogP contribution < -0.4 is 0 Å². The van der Waals surface area contributed by atoms with E-state index in [0.717, 1.165) is 5.56 Å². The van der Waals surface area contributed by atoms with Crippen molar-refractivity contribution in [3.63, 3.8) is 0 Å². The number of carboxylic acids is 1. The van der Waals surface area contributed by atoms with Gasteiger partial charge in [0.1, 0.15) is 12.2 Å². The van der Waals surface area contributed by atoms with Gasteiger partial charge in [0.25, 0.3) is 0 Å². The fourth-order valence-electron chi connectivity index (χ4n) is 2.12. The Morgan fingerprint density at radius 3 is 2.71 bits per heavy atom. The topological polar surface area (TPSA) is 66.8 Å². The molecule has 1 heterocycles. The molecule has 1 aromatic carbocycles. The average molecular weight is 310 g/mol. The molecule has 1 saturated heterocycles. The standard InChI is InChI=1S/C15H16ClNO4/c1-15(21-8-14(19)20)9-17(10-15)13(18)7-6-11-4-2-3-5-12(11)16/h2-7H,8-10H2,1H3,(H,19,20)/b7-6+. The zero-order chi connectivity index (χ0) is 15.5. The summed E-state index contributed by atoms with van der Waals surface area (Å²) < 4.78 is 5.25. The van der Waals surface area contributed by atoms with E-state index in [2.05, 4.69) is 0 Å². The Labute approximate surface area is 127 Å². The van der Waals surface area contributed by atoms with Crippen molar-refractivity contribution in [2.45, 2.75) is 12.5 Å². The highest BCUT2D eigenvalue weighted by Crippen LogP contribution is 2.25. The van der Waals surface area contributed by atoms with Crippen LogP contribution in [0.4, 0.5) is 0 Å². The molecule has 0 unspecified atom stereocenters. The van der Waals surface area contributed by atoms with E-state index in [0.29, 0.717) is 18.1 Å².